The molecule has 1 amide bonds. The second kappa shape index (κ2) is 6.44. The number of carboxylic acid groups (broad SMARTS) is 1. The summed E-state index contributed by atoms with van der Waals surface area (Å²) in [7, 11) is 0. The fourth-order valence-electron chi connectivity index (χ4n) is 1.56. The largest absolute Gasteiger partial charge is 0.480 e. The predicted molar refractivity (Wildman–Crippen MR) is 72.0 cm³/mol. The van der Waals surface area contributed by atoms with Gasteiger partial charge < -0.3 is 10.4 Å². The van der Waals surface area contributed by atoms with Gasteiger partial charge in [0.1, 0.15) is 6.04 Å². The summed E-state index contributed by atoms with van der Waals surface area (Å²) >= 11 is 1.46. The van der Waals surface area contributed by atoms with E-state index >= 15 is 0 Å². The Bertz CT molecular complexity index is 446. The summed E-state index contributed by atoms with van der Waals surface area (Å²) in [5, 5.41) is 11.6. The summed E-state index contributed by atoms with van der Waals surface area (Å²) in [6.45, 7) is 3.53. The van der Waals surface area contributed by atoms with Gasteiger partial charge in [-0.2, -0.15) is 0 Å². The Morgan fingerprint density at radius 2 is 1.89 bits per heavy atom. The van der Waals surface area contributed by atoms with Gasteiger partial charge in [0.15, 0.2) is 0 Å². The van der Waals surface area contributed by atoms with Gasteiger partial charge in [-0.25, -0.2) is 4.79 Å². The van der Waals surface area contributed by atoms with Crippen molar-refractivity contribution in [1.82, 2.24) is 5.32 Å². The van der Waals surface area contributed by atoms with Gasteiger partial charge in [0.25, 0.3) is 5.91 Å². The van der Waals surface area contributed by atoms with Crippen molar-refractivity contribution in [2.24, 2.45) is 5.92 Å². The van der Waals surface area contributed by atoms with Crippen LogP contribution in [0.1, 0.15) is 24.2 Å². The fraction of sp³-hybridized carbons (Fsp3) is 0.385. The van der Waals surface area contributed by atoms with Gasteiger partial charge in [0.2, 0.25) is 0 Å². The van der Waals surface area contributed by atoms with Gasteiger partial charge in [-0.3, -0.25) is 4.79 Å². The normalized spacial score (nSPS) is 12.2. The zero-order valence-corrected chi connectivity index (χ0v) is 11.5. The molecule has 4 nitrogen and oxygen atoms in total. The van der Waals surface area contributed by atoms with E-state index in [1.54, 1.807) is 26.0 Å². The lowest BCUT2D eigenvalue weighted by atomic mass is 10.0. The summed E-state index contributed by atoms with van der Waals surface area (Å²) in [4.78, 5) is 23.9. The molecule has 1 atom stereocenters. The maximum atomic E-state index is 12.1. The average molecular weight is 267 g/mol. The third-order valence-corrected chi connectivity index (χ3v) is 3.37. The number of hydrogen-bond acceptors (Lipinski definition) is 3. The molecule has 0 radical (unpaired) electrons. The lowest BCUT2D eigenvalue weighted by Crippen LogP contribution is -2.44. The van der Waals surface area contributed by atoms with E-state index in [1.165, 1.54) is 11.8 Å². The Morgan fingerprint density at radius 1 is 1.28 bits per heavy atom. The minimum atomic E-state index is -1.01. The molecule has 0 heterocycles. The molecule has 0 bridgehead atoms. The minimum absolute atomic E-state index is 0.159. The second-order valence-corrected chi connectivity index (χ2v) is 5.08. The standard InChI is InChI=1S/C13H17NO3S/c1-8(2)11(13(16)17)14-12(15)9-6-4-5-7-10(9)18-3/h4-8,11H,1-3H3,(H,14,15)(H,16,17). The number of amides is 1. The van der Waals surface area contributed by atoms with Crippen LogP contribution in [0.25, 0.3) is 0 Å². The van der Waals surface area contributed by atoms with E-state index in [1.807, 2.05) is 18.4 Å². The first-order valence-corrected chi connectivity index (χ1v) is 6.86. The second-order valence-electron chi connectivity index (χ2n) is 4.23. The van der Waals surface area contributed by atoms with Crippen molar-refractivity contribution in [1.29, 1.82) is 0 Å². The van der Waals surface area contributed by atoms with Crippen LogP contribution in [-0.2, 0) is 4.79 Å². The van der Waals surface area contributed by atoms with Gasteiger partial charge in [-0.1, -0.05) is 26.0 Å². The monoisotopic (exact) mass is 267 g/mol. The highest BCUT2D eigenvalue weighted by Gasteiger charge is 2.24. The molecule has 5 heteroatoms. The van der Waals surface area contributed by atoms with Crippen LogP contribution in [0.3, 0.4) is 0 Å². The first-order valence-electron chi connectivity index (χ1n) is 5.64. The smallest absolute Gasteiger partial charge is 0.326 e. The van der Waals surface area contributed by atoms with Crippen molar-refractivity contribution in [2.45, 2.75) is 24.8 Å². The number of hydrogen-bond donors (Lipinski definition) is 2. The molecule has 0 aliphatic rings. The topological polar surface area (TPSA) is 66.4 Å². The Labute approximate surface area is 111 Å². The maximum Gasteiger partial charge on any atom is 0.326 e. The van der Waals surface area contributed by atoms with Crippen molar-refractivity contribution in [3.8, 4) is 0 Å². The molecule has 1 unspecified atom stereocenters. The highest BCUT2D eigenvalue weighted by molar-refractivity contribution is 7.98. The molecule has 1 rings (SSSR count). The molecular formula is C13H17NO3S. The zero-order chi connectivity index (χ0) is 13.7. The first kappa shape index (κ1) is 14.6. The van der Waals surface area contributed by atoms with Crippen LogP contribution in [0.15, 0.2) is 29.2 Å². The number of thioether (sulfide) groups is 1. The lowest BCUT2D eigenvalue weighted by Gasteiger charge is -2.18. The predicted octanol–water partition coefficient (Wildman–Crippen LogP) is 2.25. The summed E-state index contributed by atoms with van der Waals surface area (Å²) in [6, 6.07) is 6.28. The Balaban J connectivity index is 2.90. The van der Waals surface area contributed by atoms with Crippen LogP contribution in [-0.4, -0.2) is 29.3 Å². The first-order chi connectivity index (χ1) is 8.47. The molecule has 0 aliphatic carbocycles. The number of carbonyl (C=O) groups is 2. The molecular weight excluding hydrogens is 250 g/mol. The van der Waals surface area contributed by atoms with Gasteiger partial charge in [0, 0.05) is 4.90 Å². The van der Waals surface area contributed by atoms with E-state index in [0.29, 0.717) is 5.56 Å². The maximum absolute atomic E-state index is 12.1. The van der Waals surface area contributed by atoms with Crippen LogP contribution in [0.4, 0.5) is 0 Å². The molecule has 1 aromatic rings. The average Bonchev–Trinajstić information content (AvgIpc) is 2.34. The van der Waals surface area contributed by atoms with Crippen molar-refractivity contribution in [3.05, 3.63) is 29.8 Å². The summed E-state index contributed by atoms with van der Waals surface area (Å²) in [6.07, 6.45) is 1.88. The molecule has 1 aromatic carbocycles. The van der Waals surface area contributed by atoms with E-state index < -0.39 is 12.0 Å². The van der Waals surface area contributed by atoms with E-state index in [-0.39, 0.29) is 11.8 Å². The van der Waals surface area contributed by atoms with Gasteiger partial charge in [-0.15, -0.1) is 11.8 Å². The summed E-state index contributed by atoms with van der Waals surface area (Å²) < 4.78 is 0. The fourth-order valence-corrected chi connectivity index (χ4v) is 2.16. The molecule has 18 heavy (non-hydrogen) atoms. The number of aliphatic carboxylic acids is 1. The van der Waals surface area contributed by atoms with Crippen molar-refractivity contribution in [2.75, 3.05) is 6.26 Å². The Hall–Kier alpha value is -1.49. The van der Waals surface area contributed by atoms with Gasteiger partial charge >= 0.3 is 5.97 Å². The number of nitrogens with one attached hydrogen (secondary N) is 1. The van der Waals surface area contributed by atoms with Crippen molar-refractivity contribution in [3.63, 3.8) is 0 Å². The highest BCUT2D eigenvalue weighted by Crippen LogP contribution is 2.20. The lowest BCUT2D eigenvalue weighted by molar-refractivity contribution is -0.140. The molecule has 0 aliphatic heterocycles. The molecule has 0 fully saturated rings. The van der Waals surface area contributed by atoms with E-state index in [9.17, 15) is 9.59 Å². The van der Waals surface area contributed by atoms with Crippen molar-refractivity contribution >= 4 is 23.6 Å². The SMILES string of the molecule is CSc1ccccc1C(=O)NC(C(=O)O)C(C)C. The summed E-state index contributed by atoms with van der Waals surface area (Å²) in [5.74, 6) is -1.52. The number of rotatable bonds is 5. The number of carboxylic acids is 1. The summed E-state index contributed by atoms with van der Waals surface area (Å²) in [5.41, 5.74) is 0.511. The third kappa shape index (κ3) is 3.50. The van der Waals surface area contributed by atoms with Crippen LogP contribution in [0.5, 0.6) is 0 Å². The van der Waals surface area contributed by atoms with E-state index in [2.05, 4.69) is 5.32 Å². The minimum Gasteiger partial charge on any atom is -0.480 e. The molecule has 2 N–H and O–H groups in total. The number of carbonyl (C=O) groups excluding carboxylic acids is 1. The van der Waals surface area contributed by atoms with Crippen LogP contribution in [0.2, 0.25) is 0 Å². The molecule has 98 valence electrons. The zero-order valence-electron chi connectivity index (χ0n) is 10.6. The van der Waals surface area contributed by atoms with Crippen LogP contribution in [0, 0.1) is 5.92 Å². The quantitative estimate of drug-likeness (QED) is 0.803. The van der Waals surface area contributed by atoms with Crippen molar-refractivity contribution < 1.29 is 14.7 Å². The van der Waals surface area contributed by atoms with E-state index in [4.69, 9.17) is 5.11 Å². The molecule has 0 aromatic heterocycles. The Morgan fingerprint density at radius 3 is 2.39 bits per heavy atom. The van der Waals surface area contributed by atoms with Gasteiger partial charge in [0.05, 0.1) is 5.56 Å². The Kier molecular flexibility index (Phi) is 5.22. The highest BCUT2D eigenvalue weighted by atomic mass is 32.2. The molecule has 0 saturated carbocycles. The van der Waals surface area contributed by atoms with Crippen LogP contribution >= 0.6 is 11.8 Å². The van der Waals surface area contributed by atoms with Gasteiger partial charge in [-0.05, 0) is 24.3 Å². The van der Waals surface area contributed by atoms with Crippen LogP contribution < -0.4 is 5.32 Å². The molecule has 0 saturated heterocycles. The molecule has 0 spiro atoms. The number of benzene rings is 1. The van der Waals surface area contributed by atoms with E-state index in [0.717, 1.165) is 4.90 Å². The third-order valence-electron chi connectivity index (χ3n) is 2.57.